The molecule has 0 aliphatic carbocycles. The average Bonchev–Trinajstić information content (AvgIpc) is 3.20. The van der Waals surface area contributed by atoms with Crippen LogP contribution in [0.2, 0.25) is 0 Å². The first-order valence-corrected chi connectivity index (χ1v) is 11.7. The molecule has 1 unspecified atom stereocenters. The van der Waals surface area contributed by atoms with E-state index in [1.54, 1.807) is 31.4 Å². The largest absolute Gasteiger partial charge is 0.496 e. The van der Waals surface area contributed by atoms with Crippen LogP contribution in [0.4, 0.5) is 5.69 Å². The number of anilines is 1. The van der Waals surface area contributed by atoms with Crippen molar-refractivity contribution in [2.24, 2.45) is 5.41 Å². The highest BCUT2D eigenvalue weighted by Crippen LogP contribution is 2.32. The molecular weight excluding hydrogens is 436 g/mol. The molecule has 1 heterocycles. The predicted octanol–water partition coefficient (Wildman–Crippen LogP) is 5.32. The summed E-state index contributed by atoms with van der Waals surface area (Å²) >= 11 is 1.37. The summed E-state index contributed by atoms with van der Waals surface area (Å²) in [6.07, 6.45) is 0. The first-order chi connectivity index (χ1) is 15.7. The predicted molar refractivity (Wildman–Crippen MR) is 132 cm³/mol. The summed E-state index contributed by atoms with van der Waals surface area (Å²) in [6.45, 7) is 10.1. The van der Waals surface area contributed by atoms with Gasteiger partial charge in [-0.3, -0.25) is 9.59 Å². The van der Waals surface area contributed by atoms with Gasteiger partial charge >= 0.3 is 0 Å². The fourth-order valence-corrected chi connectivity index (χ4v) is 4.16. The van der Waals surface area contributed by atoms with E-state index in [-0.39, 0.29) is 16.9 Å². The van der Waals surface area contributed by atoms with Crippen molar-refractivity contribution in [3.8, 4) is 17.1 Å². The highest BCUT2D eigenvalue weighted by molar-refractivity contribution is 8.00. The highest BCUT2D eigenvalue weighted by Gasteiger charge is 2.23. The maximum absolute atomic E-state index is 13.0. The van der Waals surface area contributed by atoms with Gasteiger partial charge in [0.05, 0.1) is 17.9 Å². The van der Waals surface area contributed by atoms with Crippen molar-refractivity contribution < 1.29 is 14.3 Å². The topological polar surface area (TPSA) is 86.1 Å². The number of methoxy groups -OCH3 is 1. The number of ether oxygens (including phenoxy) is 1. The van der Waals surface area contributed by atoms with E-state index in [0.717, 1.165) is 11.3 Å². The van der Waals surface area contributed by atoms with Crippen molar-refractivity contribution in [2.45, 2.75) is 51.6 Å². The number of nitrogens with zero attached hydrogens (tertiary/aromatic N) is 3. The standard InChI is InChI=1S/C25H30N4O3S/c1-7-29-22(19-10-8-9-11-20(19)32-6)27-28-24(29)33-16(2)21(30)17-12-14-18(15-13-17)26-23(31)25(3,4)5/h8-16H,7H2,1-6H3,(H,26,31). The number of rotatable bonds is 8. The summed E-state index contributed by atoms with van der Waals surface area (Å²) in [4.78, 5) is 25.2. The lowest BCUT2D eigenvalue weighted by atomic mass is 9.95. The maximum Gasteiger partial charge on any atom is 0.229 e. The van der Waals surface area contributed by atoms with E-state index in [4.69, 9.17) is 4.74 Å². The van der Waals surface area contributed by atoms with E-state index in [2.05, 4.69) is 15.5 Å². The van der Waals surface area contributed by atoms with Crippen LogP contribution in [0.15, 0.2) is 53.7 Å². The number of para-hydroxylation sites is 1. The molecule has 1 N–H and O–H groups in total. The number of hydrogen-bond donors (Lipinski definition) is 1. The van der Waals surface area contributed by atoms with Gasteiger partial charge in [0.15, 0.2) is 16.8 Å². The van der Waals surface area contributed by atoms with Gasteiger partial charge in [0.2, 0.25) is 5.91 Å². The number of thioether (sulfide) groups is 1. The van der Waals surface area contributed by atoms with Crippen LogP contribution in [0.5, 0.6) is 5.75 Å². The second-order valence-corrected chi connectivity index (χ2v) is 9.96. The van der Waals surface area contributed by atoms with E-state index >= 15 is 0 Å². The Morgan fingerprint density at radius 2 is 1.76 bits per heavy atom. The normalized spacial score (nSPS) is 12.3. The molecule has 0 aliphatic rings. The molecule has 7 nitrogen and oxygen atoms in total. The lowest BCUT2D eigenvalue weighted by Crippen LogP contribution is -2.27. The number of benzene rings is 2. The average molecular weight is 467 g/mol. The van der Waals surface area contributed by atoms with Crippen molar-refractivity contribution in [1.82, 2.24) is 14.8 Å². The minimum Gasteiger partial charge on any atom is -0.496 e. The van der Waals surface area contributed by atoms with Crippen LogP contribution in [-0.2, 0) is 11.3 Å². The van der Waals surface area contributed by atoms with Gasteiger partial charge < -0.3 is 14.6 Å². The summed E-state index contributed by atoms with van der Waals surface area (Å²) in [7, 11) is 1.63. The third-order valence-electron chi connectivity index (χ3n) is 5.14. The minimum atomic E-state index is -0.489. The number of carbonyl (C=O) groups excluding carboxylic acids is 2. The van der Waals surface area contributed by atoms with E-state index in [1.165, 1.54) is 11.8 Å². The van der Waals surface area contributed by atoms with Crippen molar-refractivity contribution >= 4 is 29.1 Å². The lowest BCUT2D eigenvalue weighted by Gasteiger charge is -2.18. The molecule has 8 heteroatoms. The van der Waals surface area contributed by atoms with Gasteiger partial charge in [-0.15, -0.1) is 10.2 Å². The van der Waals surface area contributed by atoms with Crippen LogP contribution in [0.1, 0.15) is 45.0 Å². The monoisotopic (exact) mass is 466 g/mol. The molecule has 0 bridgehead atoms. The fourth-order valence-electron chi connectivity index (χ4n) is 3.17. The Kier molecular flexibility index (Phi) is 7.58. The zero-order valence-electron chi connectivity index (χ0n) is 19.9. The first-order valence-electron chi connectivity index (χ1n) is 10.8. The number of nitrogens with one attached hydrogen (secondary N) is 1. The molecule has 3 rings (SSSR count). The van der Waals surface area contributed by atoms with E-state index in [1.807, 2.05) is 63.5 Å². The van der Waals surface area contributed by atoms with E-state index in [9.17, 15) is 9.59 Å². The maximum atomic E-state index is 13.0. The molecule has 3 aromatic rings. The van der Waals surface area contributed by atoms with Crippen LogP contribution >= 0.6 is 11.8 Å². The Balaban J connectivity index is 1.75. The fraction of sp³-hybridized carbons (Fsp3) is 0.360. The summed E-state index contributed by atoms with van der Waals surface area (Å²) in [5.41, 5.74) is 1.61. The summed E-state index contributed by atoms with van der Waals surface area (Å²) in [6, 6.07) is 14.6. The molecule has 2 aromatic carbocycles. The van der Waals surface area contributed by atoms with Crippen molar-refractivity contribution in [3.63, 3.8) is 0 Å². The number of amides is 1. The lowest BCUT2D eigenvalue weighted by molar-refractivity contribution is -0.123. The summed E-state index contributed by atoms with van der Waals surface area (Å²) in [5, 5.41) is 11.9. The molecule has 0 radical (unpaired) electrons. The molecule has 0 fully saturated rings. The number of ketones is 1. The highest BCUT2D eigenvalue weighted by atomic mass is 32.2. The molecule has 174 valence electrons. The van der Waals surface area contributed by atoms with E-state index < -0.39 is 5.41 Å². The quantitative estimate of drug-likeness (QED) is 0.357. The van der Waals surface area contributed by atoms with Crippen molar-refractivity contribution in [1.29, 1.82) is 0 Å². The molecule has 0 aliphatic heterocycles. The Labute approximate surface area is 198 Å². The molecule has 0 saturated carbocycles. The van der Waals surface area contributed by atoms with Gasteiger partial charge in [-0.1, -0.05) is 44.7 Å². The summed E-state index contributed by atoms with van der Waals surface area (Å²) in [5.74, 6) is 1.34. The third kappa shape index (κ3) is 5.63. The molecule has 1 aromatic heterocycles. The number of aromatic nitrogens is 3. The molecule has 0 saturated heterocycles. The van der Waals surface area contributed by atoms with Crippen LogP contribution in [-0.4, -0.2) is 38.8 Å². The van der Waals surface area contributed by atoms with Crippen LogP contribution < -0.4 is 10.1 Å². The van der Waals surface area contributed by atoms with Crippen LogP contribution in [0, 0.1) is 5.41 Å². The first kappa shape index (κ1) is 24.5. The zero-order valence-corrected chi connectivity index (χ0v) is 20.7. The van der Waals surface area contributed by atoms with Gasteiger partial charge in [0, 0.05) is 23.2 Å². The molecule has 1 atom stereocenters. The van der Waals surface area contributed by atoms with Gasteiger partial charge in [0.1, 0.15) is 5.75 Å². The SMILES string of the molecule is CCn1c(SC(C)C(=O)c2ccc(NC(=O)C(C)(C)C)cc2)nnc1-c1ccccc1OC. The smallest absolute Gasteiger partial charge is 0.229 e. The third-order valence-corrected chi connectivity index (χ3v) is 6.22. The summed E-state index contributed by atoms with van der Waals surface area (Å²) < 4.78 is 7.45. The Morgan fingerprint density at radius 1 is 1.09 bits per heavy atom. The van der Waals surface area contributed by atoms with Gasteiger partial charge in [-0.25, -0.2) is 0 Å². The van der Waals surface area contributed by atoms with Crippen molar-refractivity contribution in [2.75, 3.05) is 12.4 Å². The molecule has 0 spiro atoms. The van der Waals surface area contributed by atoms with Crippen molar-refractivity contribution in [3.05, 3.63) is 54.1 Å². The minimum absolute atomic E-state index is 0.0156. The number of carbonyl (C=O) groups is 2. The van der Waals surface area contributed by atoms with Gasteiger partial charge in [-0.2, -0.15) is 0 Å². The van der Waals surface area contributed by atoms with Gasteiger partial charge in [0.25, 0.3) is 0 Å². The Hall–Kier alpha value is -3.13. The second-order valence-electron chi connectivity index (χ2n) is 8.66. The van der Waals surface area contributed by atoms with Crippen LogP contribution in [0.3, 0.4) is 0 Å². The Morgan fingerprint density at radius 3 is 2.36 bits per heavy atom. The zero-order chi connectivity index (χ0) is 24.2. The van der Waals surface area contributed by atoms with E-state index in [0.29, 0.717) is 28.8 Å². The van der Waals surface area contributed by atoms with Crippen LogP contribution in [0.25, 0.3) is 11.4 Å². The number of hydrogen-bond acceptors (Lipinski definition) is 6. The molecule has 33 heavy (non-hydrogen) atoms. The van der Waals surface area contributed by atoms with Gasteiger partial charge in [-0.05, 0) is 50.2 Å². The Bertz CT molecular complexity index is 1130. The second kappa shape index (κ2) is 10.2. The molecular formula is C25H30N4O3S. The number of Topliss-reactive ketones (excluding diaryl/α,β-unsaturated/α-hetero) is 1. The molecule has 1 amide bonds.